The summed E-state index contributed by atoms with van der Waals surface area (Å²) in [6.07, 6.45) is 0.137. The van der Waals surface area contributed by atoms with Gasteiger partial charge in [0, 0.05) is 24.7 Å². The first kappa shape index (κ1) is 20.3. The van der Waals surface area contributed by atoms with Crippen LogP contribution in [0.2, 0.25) is 0 Å². The van der Waals surface area contributed by atoms with Gasteiger partial charge in [0.15, 0.2) is 0 Å². The van der Waals surface area contributed by atoms with Crippen molar-refractivity contribution in [2.75, 3.05) is 25.3 Å². The summed E-state index contributed by atoms with van der Waals surface area (Å²) in [5.74, 6) is -0.275. The lowest BCUT2D eigenvalue weighted by molar-refractivity contribution is 0.102. The van der Waals surface area contributed by atoms with Crippen molar-refractivity contribution < 1.29 is 18.4 Å². The Hall–Kier alpha value is -2.44. The van der Waals surface area contributed by atoms with E-state index in [2.05, 4.69) is 5.32 Å². The Kier molecular flexibility index (Phi) is 6.31. The first-order chi connectivity index (χ1) is 13.4. The standard InChI is InChI=1S/C20H21N2O4PS/c1-25-27(24,26-2)13-14-5-7-15(8-6-14)20(23)22-18-12-16(9-10-17(18)21)19-4-3-11-28-19/h3-12H,13,21H2,1-2H3,(H,22,23). The summed E-state index contributed by atoms with van der Waals surface area (Å²) in [5.41, 5.74) is 9.28. The highest BCUT2D eigenvalue weighted by Gasteiger charge is 2.21. The van der Waals surface area contributed by atoms with Gasteiger partial charge in [0.1, 0.15) is 0 Å². The van der Waals surface area contributed by atoms with E-state index in [1.165, 1.54) is 14.2 Å². The molecule has 0 saturated heterocycles. The largest absolute Gasteiger partial charge is 0.397 e. The first-order valence-corrected chi connectivity index (χ1v) is 11.1. The lowest BCUT2D eigenvalue weighted by atomic mass is 10.1. The number of nitrogen functional groups attached to an aromatic ring is 1. The van der Waals surface area contributed by atoms with Gasteiger partial charge in [-0.25, -0.2) is 0 Å². The minimum absolute atomic E-state index is 0.137. The molecule has 0 fully saturated rings. The zero-order valence-corrected chi connectivity index (χ0v) is 17.3. The Morgan fingerprint density at radius 3 is 2.43 bits per heavy atom. The molecule has 1 aromatic heterocycles. The third-order valence-corrected chi connectivity index (χ3v) is 7.04. The van der Waals surface area contributed by atoms with E-state index in [0.717, 1.165) is 16.0 Å². The molecule has 0 radical (unpaired) electrons. The molecule has 8 heteroatoms. The highest BCUT2D eigenvalue weighted by Crippen LogP contribution is 2.49. The van der Waals surface area contributed by atoms with Gasteiger partial charge in [0.25, 0.3) is 5.91 Å². The lowest BCUT2D eigenvalue weighted by Crippen LogP contribution is -2.13. The molecule has 0 saturated carbocycles. The van der Waals surface area contributed by atoms with Gasteiger partial charge in [0.2, 0.25) is 0 Å². The molecule has 0 unspecified atom stereocenters. The predicted octanol–water partition coefficient (Wildman–Crippen LogP) is 5.24. The second-order valence-corrected chi connectivity index (χ2v) is 9.28. The fourth-order valence-electron chi connectivity index (χ4n) is 2.64. The number of nitrogens with one attached hydrogen (secondary N) is 1. The van der Waals surface area contributed by atoms with Crippen molar-refractivity contribution in [3.63, 3.8) is 0 Å². The van der Waals surface area contributed by atoms with Crippen LogP contribution in [0.3, 0.4) is 0 Å². The minimum Gasteiger partial charge on any atom is -0.397 e. The topological polar surface area (TPSA) is 90.7 Å². The Labute approximate surface area is 167 Å². The number of hydrogen-bond donors (Lipinski definition) is 2. The molecule has 0 aliphatic rings. The number of anilines is 2. The van der Waals surface area contributed by atoms with Gasteiger partial charge in [-0.1, -0.05) is 24.3 Å². The van der Waals surface area contributed by atoms with E-state index < -0.39 is 7.60 Å². The molecule has 1 amide bonds. The molecule has 3 N–H and O–H groups in total. The van der Waals surface area contributed by atoms with Crippen molar-refractivity contribution in [1.82, 2.24) is 0 Å². The Morgan fingerprint density at radius 2 is 1.82 bits per heavy atom. The Bertz CT molecular complexity index is 996. The van der Waals surface area contributed by atoms with E-state index >= 15 is 0 Å². The van der Waals surface area contributed by atoms with Gasteiger partial charge in [0.05, 0.1) is 17.5 Å². The summed E-state index contributed by atoms with van der Waals surface area (Å²) in [5, 5.41) is 4.85. The number of nitrogens with two attached hydrogens (primary N) is 1. The molecule has 146 valence electrons. The average molecular weight is 416 g/mol. The molecule has 0 atom stereocenters. The van der Waals surface area contributed by atoms with Gasteiger partial charge < -0.3 is 20.1 Å². The summed E-state index contributed by atoms with van der Waals surface area (Å²) in [6.45, 7) is 0. The number of carbonyl (C=O) groups excluding carboxylic acids is 1. The van der Waals surface area contributed by atoms with Crippen LogP contribution < -0.4 is 11.1 Å². The molecule has 3 rings (SSSR count). The van der Waals surface area contributed by atoms with E-state index in [4.69, 9.17) is 14.8 Å². The number of benzene rings is 2. The maximum Gasteiger partial charge on any atom is 0.334 e. The van der Waals surface area contributed by atoms with Gasteiger partial charge >= 0.3 is 7.60 Å². The maximum atomic E-state index is 12.6. The molecule has 1 heterocycles. The zero-order valence-electron chi connectivity index (χ0n) is 15.5. The van der Waals surface area contributed by atoms with Crippen molar-refractivity contribution in [1.29, 1.82) is 0 Å². The van der Waals surface area contributed by atoms with E-state index in [1.54, 1.807) is 41.7 Å². The van der Waals surface area contributed by atoms with Gasteiger partial charge in [-0.05, 0) is 46.8 Å². The molecular weight excluding hydrogens is 395 g/mol. The zero-order chi connectivity index (χ0) is 20.1. The molecule has 0 spiro atoms. The van der Waals surface area contributed by atoms with Crippen molar-refractivity contribution in [2.45, 2.75) is 6.16 Å². The Morgan fingerprint density at radius 1 is 1.11 bits per heavy atom. The fourth-order valence-corrected chi connectivity index (χ4v) is 4.43. The molecule has 6 nitrogen and oxygen atoms in total. The summed E-state index contributed by atoms with van der Waals surface area (Å²) in [4.78, 5) is 13.7. The SMILES string of the molecule is COP(=O)(Cc1ccc(C(=O)Nc2cc(-c3cccs3)ccc2N)cc1)OC. The normalized spacial score (nSPS) is 11.4. The molecule has 3 aromatic rings. The lowest BCUT2D eigenvalue weighted by Gasteiger charge is -2.14. The number of carbonyl (C=O) groups is 1. The molecule has 0 aliphatic heterocycles. The van der Waals surface area contributed by atoms with Crippen LogP contribution in [0.5, 0.6) is 0 Å². The third-order valence-electron chi connectivity index (χ3n) is 4.26. The third kappa shape index (κ3) is 4.69. The number of rotatable bonds is 7. The number of thiophene rings is 1. The van der Waals surface area contributed by atoms with E-state index in [-0.39, 0.29) is 12.1 Å². The van der Waals surface area contributed by atoms with Crippen molar-refractivity contribution in [3.05, 3.63) is 71.1 Å². The van der Waals surface area contributed by atoms with E-state index in [1.807, 2.05) is 29.6 Å². The summed E-state index contributed by atoms with van der Waals surface area (Å²) in [6, 6.07) is 16.3. The van der Waals surface area contributed by atoms with Gasteiger partial charge in [-0.3, -0.25) is 9.36 Å². The smallest absolute Gasteiger partial charge is 0.334 e. The van der Waals surface area contributed by atoms with Gasteiger partial charge in [-0.2, -0.15) is 0 Å². The monoisotopic (exact) mass is 416 g/mol. The van der Waals surface area contributed by atoms with Crippen LogP contribution in [0.25, 0.3) is 10.4 Å². The highest BCUT2D eigenvalue weighted by molar-refractivity contribution is 7.52. The molecule has 0 bridgehead atoms. The van der Waals surface area contributed by atoms with Crippen LogP contribution in [0.4, 0.5) is 11.4 Å². The molecule has 2 aromatic carbocycles. The van der Waals surface area contributed by atoms with E-state index in [0.29, 0.717) is 16.9 Å². The van der Waals surface area contributed by atoms with Crippen molar-refractivity contribution >= 4 is 36.2 Å². The van der Waals surface area contributed by atoms with Crippen molar-refractivity contribution in [2.24, 2.45) is 0 Å². The molecular formula is C20H21N2O4PS. The van der Waals surface area contributed by atoms with Crippen LogP contribution in [0.15, 0.2) is 60.0 Å². The molecule has 28 heavy (non-hydrogen) atoms. The summed E-state index contributed by atoms with van der Waals surface area (Å²) >= 11 is 1.62. The quantitative estimate of drug-likeness (QED) is 0.406. The Balaban J connectivity index is 1.75. The van der Waals surface area contributed by atoms with Crippen LogP contribution in [-0.2, 0) is 19.8 Å². The number of hydrogen-bond acceptors (Lipinski definition) is 6. The second kappa shape index (κ2) is 8.71. The summed E-state index contributed by atoms with van der Waals surface area (Å²) < 4.78 is 22.1. The first-order valence-electron chi connectivity index (χ1n) is 8.48. The van der Waals surface area contributed by atoms with Crippen LogP contribution in [0.1, 0.15) is 15.9 Å². The fraction of sp³-hybridized carbons (Fsp3) is 0.150. The van der Waals surface area contributed by atoms with Crippen LogP contribution in [0, 0.1) is 0 Å². The highest BCUT2D eigenvalue weighted by atomic mass is 32.1. The van der Waals surface area contributed by atoms with Crippen LogP contribution in [-0.4, -0.2) is 20.1 Å². The van der Waals surface area contributed by atoms with E-state index in [9.17, 15) is 9.36 Å². The summed E-state index contributed by atoms with van der Waals surface area (Å²) in [7, 11) is -0.453. The van der Waals surface area contributed by atoms with Crippen molar-refractivity contribution in [3.8, 4) is 10.4 Å². The maximum absolute atomic E-state index is 12.6. The van der Waals surface area contributed by atoms with Crippen LogP contribution >= 0.6 is 18.9 Å². The average Bonchev–Trinajstić information content (AvgIpc) is 3.25. The number of amides is 1. The van der Waals surface area contributed by atoms with Gasteiger partial charge in [-0.15, -0.1) is 11.3 Å². The predicted molar refractivity (Wildman–Crippen MR) is 114 cm³/mol. The molecule has 0 aliphatic carbocycles. The second-order valence-electron chi connectivity index (χ2n) is 6.06. The minimum atomic E-state index is -3.15.